The molecule has 2 atom stereocenters. The van der Waals surface area contributed by atoms with Gasteiger partial charge in [0.15, 0.2) is 18.1 Å². The van der Waals surface area contributed by atoms with Crippen molar-refractivity contribution in [2.45, 2.75) is 25.5 Å². The molecule has 2 aromatic carbocycles. The van der Waals surface area contributed by atoms with Crippen LogP contribution in [0.1, 0.15) is 24.2 Å². The summed E-state index contributed by atoms with van der Waals surface area (Å²) >= 11 is 0. The van der Waals surface area contributed by atoms with Crippen LogP contribution in [-0.2, 0) is 11.2 Å². The van der Waals surface area contributed by atoms with Crippen LogP contribution < -0.4 is 14.8 Å². The molecule has 4 N–H and O–H groups in total. The average molecular weight is 375 g/mol. The summed E-state index contributed by atoms with van der Waals surface area (Å²) in [5.74, 6) is -0.0264. The second-order valence-corrected chi connectivity index (χ2v) is 6.20. The van der Waals surface area contributed by atoms with E-state index in [0.29, 0.717) is 24.5 Å². The zero-order valence-electron chi connectivity index (χ0n) is 15.4. The number of hydrogen-bond donors (Lipinski definition) is 4. The predicted molar refractivity (Wildman–Crippen MR) is 100 cm³/mol. The number of benzene rings is 2. The van der Waals surface area contributed by atoms with Crippen LogP contribution in [0.3, 0.4) is 0 Å². The van der Waals surface area contributed by atoms with E-state index in [2.05, 4.69) is 5.32 Å². The zero-order valence-corrected chi connectivity index (χ0v) is 15.4. The number of aliphatic carboxylic acids is 1. The van der Waals surface area contributed by atoms with Gasteiger partial charge in [-0.2, -0.15) is 0 Å². The molecule has 0 aliphatic carbocycles. The van der Waals surface area contributed by atoms with Crippen LogP contribution in [0.25, 0.3) is 0 Å². The van der Waals surface area contributed by atoms with Gasteiger partial charge in [-0.1, -0.05) is 18.2 Å². The normalized spacial score (nSPS) is 13.0. The molecule has 2 aromatic rings. The van der Waals surface area contributed by atoms with Crippen molar-refractivity contribution >= 4 is 5.97 Å². The van der Waals surface area contributed by atoms with Gasteiger partial charge in [-0.15, -0.1) is 0 Å². The van der Waals surface area contributed by atoms with Crippen molar-refractivity contribution in [1.29, 1.82) is 0 Å². The fourth-order valence-corrected chi connectivity index (χ4v) is 2.64. The number of rotatable bonds is 10. The summed E-state index contributed by atoms with van der Waals surface area (Å²) in [5.41, 5.74) is 1.72. The molecule has 2 rings (SSSR count). The lowest BCUT2D eigenvalue weighted by Crippen LogP contribution is -2.33. The summed E-state index contributed by atoms with van der Waals surface area (Å²) in [6.45, 7) is 2.10. The number of aromatic hydroxyl groups is 1. The molecule has 7 heteroatoms. The van der Waals surface area contributed by atoms with Gasteiger partial charge in [0, 0.05) is 6.04 Å². The van der Waals surface area contributed by atoms with Crippen molar-refractivity contribution in [2.75, 3.05) is 20.3 Å². The largest absolute Gasteiger partial charge is 0.508 e. The minimum Gasteiger partial charge on any atom is -0.508 e. The van der Waals surface area contributed by atoms with Crippen LogP contribution in [-0.4, -0.2) is 47.6 Å². The maximum Gasteiger partial charge on any atom is 0.341 e. The van der Waals surface area contributed by atoms with Crippen LogP contribution in [0.4, 0.5) is 0 Å². The van der Waals surface area contributed by atoms with Crippen molar-refractivity contribution < 1.29 is 29.6 Å². The second-order valence-electron chi connectivity index (χ2n) is 6.20. The first-order valence-corrected chi connectivity index (χ1v) is 8.62. The molecule has 0 fully saturated rings. The second kappa shape index (κ2) is 9.80. The van der Waals surface area contributed by atoms with Crippen molar-refractivity contribution in [3.05, 3.63) is 53.6 Å². The summed E-state index contributed by atoms with van der Waals surface area (Å²) in [6, 6.07) is 11.7. The van der Waals surface area contributed by atoms with Gasteiger partial charge in [0.25, 0.3) is 0 Å². The average Bonchev–Trinajstić information content (AvgIpc) is 2.66. The molecular weight excluding hydrogens is 350 g/mol. The van der Waals surface area contributed by atoms with E-state index in [1.165, 1.54) is 7.11 Å². The molecule has 0 radical (unpaired) electrons. The number of phenols is 1. The van der Waals surface area contributed by atoms with Crippen LogP contribution in [0, 0.1) is 0 Å². The van der Waals surface area contributed by atoms with Crippen LogP contribution in [0.15, 0.2) is 42.5 Å². The molecule has 0 saturated carbocycles. The minimum absolute atomic E-state index is 0.163. The van der Waals surface area contributed by atoms with Crippen LogP contribution in [0.2, 0.25) is 0 Å². The Morgan fingerprint density at radius 2 is 1.85 bits per heavy atom. The SMILES string of the molecule is COc1cc(CCN[C@@H](C)[C@@H](O)c2ccc(O)cc2)ccc1OCC(=O)O. The topological polar surface area (TPSA) is 108 Å². The number of hydrogen-bond acceptors (Lipinski definition) is 6. The minimum atomic E-state index is -1.05. The Balaban J connectivity index is 1.88. The molecule has 0 aliphatic rings. The van der Waals surface area contributed by atoms with Gasteiger partial charge in [-0.3, -0.25) is 0 Å². The number of aliphatic hydroxyl groups excluding tert-OH is 1. The van der Waals surface area contributed by atoms with Gasteiger partial charge < -0.3 is 30.1 Å². The molecule has 0 aliphatic heterocycles. The molecule has 0 saturated heterocycles. The first-order valence-electron chi connectivity index (χ1n) is 8.62. The van der Waals surface area contributed by atoms with E-state index in [-0.39, 0.29) is 11.8 Å². The Kier molecular flexibility index (Phi) is 7.45. The van der Waals surface area contributed by atoms with E-state index in [9.17, 15) is 15.0 Å². The number of ether oxygens (including phenoxy) is 2. The molecular formula is C20H25NO6. The highest BCUT2D eigenvalue weighted by atomic mass is 16.5. The fraction of sp³-hybridized carbons (Fsp3) is 0.350. The molecule has 0 unspecified atom stereocenters. The lowest BCUT2D eigenvalue weighted by Gasteiger charge is -2.21. The number of aliphatic hydroxyl groups is 1. The highest BCUT2D eigenvalue weighted by molar-refractivity contribution is 5.68. The Morgan fingerprint density at radius 1 is 1.15 bits per heavy atom. The van der Waals surface area contributed by atoms with E-state index in [1.54, 1.807) is 36.4 Å². The van der Waals surface area contributed by atoms with Gasteiger partial charge in [0.2, 0.25) is 0 Å². The number of carboxylic acid groups (broad SMARTS) is 1. The van der Waals surface area contributed by atoms with E-state index >= 15 is 0 Å². The third-order valence-electron chi connectivity index (χ3n) is 4.17. The monoisotopic (exact) mass is 375 g/mol. The molecule has 0 aromatic heterocycles. The maximum absolute atomic E-state index is 10.6. The first kappa shape index (κ1) is 20.5. The molecule has 27 heavy (non-hydrogen) atoms. The van der Waals surface area contributed by atoms with E-state index in [1.807, 2.05) is 13.0 Å². The highest BCUT2D eigenvalue weighted by Crippen LogP contribution is 2.28. The first-order chi connectivity index (χ1) is 12.9. The summed E-state index contributed by atoms with van der Waals surface area (Å²) in [6.07, 6.45) is 0.00861. The molecule has 0 amide bonds. The van der Waals surface area contributed by atoms with Crippen molar-refractivity contribution in [3.8, 4) is 17.2 Å². The van der Waals surface area contributed by atoms with Gasteiger partial charge in [-0.25, -0.2) is 4.79 Å². The molecule has 146 valence electrons. The summed E-state index contributed by atoms with van der Waals surface area (Å²) in [5, 5.41) is 31.7. The zero-order chi connectivity index (χ0) is 19.8. The molecule has 0 heterocycles. The quantitative estimate of drug-likeness (QED) is 0.504. The van der Waals surface area contributed by atoms with Crippen molar-refractivity contribution in [3.63, 3.8) is 0 Å². The molecule has 7 nitrogen and oxygen atoms in total. The Labute approximate surface area is 158 Å². The van der Waals surface area contributed by atoms with E-state index in [4.69, 9.17) is 14.6 Å². The van der Waals surface area contributed by atoms with Gasteiger partial charge >= 0.3 is 5.97 Å². The Morgan fingerprint density at radius 3 is 2.48 bits per heavy atom. The standard InChI is InChI=1S/C20H25NO6/c1-13(20(25)15-4-6-16(22)7-5-15)21-10-9-14-3-8-17(18(11-14)26-2)27-12-19(23)24/h3-8,11,13,20-22,25H,9-10,12H2,1-2H3,(H,23,24)/t13-,20+/m0/s1. The summed E-state index contributed by atoms with van der Waals surface area (Å²) < 4.78 is 10.4. The van der Waals surface area contributed by atoms with Gasteiger partial charge in [0.05, 0.1) is 13.2 Å². The Bertz CT molecular complexity index is 747. The van der Waals surface area contributed by atoms with Gasteiger partial charge in [0.1, 0.15) is 5.75 Å². The van der Waals surface area contributed by atoms with E-state index < -0.39 is 18.7 Å². The smallest absolute Gasteiger partial charge is 0.341 e. The number of carboxylic acids is 1. The number of carbonyl (C=O) groups is 1. The van der Waals surface area contributed by atoms with Crippen molar-refractivity contribution in [1.82, 2.24) is 5.32 Å². The lowest BCUT2D eigenvalue weighted by molar-refractivity contribution is -0.139. The molecule has 0 bridgehead atoms. The lowest BCUT2D eigenvalue weighted by atomic mass is 10.0. The van der Waals surface area contributed by atoms with Crippen LogP contribution in [0.5, 0.6) is 17.2 Å². The number of nitrogens with one attached hydrogen (secondary N) is 1. The van der Waals surface area contributed by atoms with E-state index in [0.717, 1.165) is 11.1 Å². The van der Waals surface area contributed by atoms with Crippen LogP contribution >= 0.6 is 0 Å². The highest BCUT2D eigenvalue weighted by Gasteiger charge is 2.16. The Hall–Kier alpha value is -2.77. The number of phenolic OH excluding ortho intramolecular Hbond substituents is 1. The maximum atomic E-state index is 10.6. The third-order valence-corrected chi connectivity index (χ3v) is 4.17. The summed E-state index contributed by atoms with van der Waals surface area (Å²) in [7, 11) is 1.50. The number of methoxy groups -OCH3 is 1. The van der Waals surface area contributed by atoms with Gasteiger partial charge in [-0.05, 0) is 55.3 Å². The molecule has 0 spiro atoms. The predicted octanol–water partition coefficient (Wildman–Crippen LogP) is 2.12. The summed E-state index contributed by atoms with van der Waals surface area (Å²) in [4.78, 5) is 10.6. The van der Waals surface area contributed by atoms with Crippen molar-refractivity contribution in [2.24, 2.45) is 0 Å². The third kappa shape index (κ3) is 6.16. The fourth-order valence-electron chi connectivity index (χ4n) is 2.64.